The van der Waals surface area contributed by atoms with Crippen LogP contribution in [0.25, 0.3) is 0 Å². The van der Waals surface area contributed by atoms with Crippen LogP contribution in [0.2, 0.25) is 0 Å². The average Bonchev–Trinajstić information content (AvgIpc) is 2.29. The molecule has 0 amide bonds. The van der Waals surface area contributed by atoms with Gasteiger partial charge >= 0.3 is 0 Å². The van der Waals surface area contributed by atoms with Crippen LogP contribution in [-0.4, -0.2) is 30.1 Å². The van der Waals surface area contributed by atoms with E-state index < -0.39 is 0 Å². The molecule has 1 aliphatic heterocycles. The van der Waals surface area contributed by atoms with Crippen LogP contribution >= 0.6 is 0 Å². The van der Waals surface area contributed by atoms with E-state index in [1.165, 1.54) is 45.1 Å². The molecule has 0 radical (unpaired) electrons. The Balaban J connectivity index is 2.04. The van der Waals surface area contributed by atoms with E-state index in [4.69, 9.17) is 5.73 Å². The van der Waals surface area contributed by atoms with Crippen LogP contribution in [0.5, 0.6) is 0 Å². The fourth-order valence-electron chi connectivity index (χ4n) is 3.85. The Morgan fingerprint density at radius 3 is 2.38 bits per heavy atom. The number of nitrogens with two attached hydrogens (primary N) is 1. The molecule has 2 rings (SSSR count). The molecule has 0 aromatic heterocycles. The molecule has 4 unspecified atom stereocenters. The summed E-state index contributed by atoms with van der Waals surface area (Å²) in [6.07, 6.45) is 8.45. The molecule has 1 saturated heterocycles. The van der Waals surface area contributed by atoms with Crippen LogP contribution < -0.4 is 5.73 Å². The summed E-state index contributed by atoms with van der Waals surface area (Å²) in [5.41, 5.74) is 5.99. The van der Waals surface area contributed by atoms with Crippen molar-refractivity contribution < 1.29 is 0 Å². The Morgan fingerprint density at radius 1 is 1.00 bits per heavy atom. The average molecular weight is 224 g/mol. The van der Waals surface area contributed by atoms with E-state index >= 15 is 0 Å². The summed E-state index contributed by atoms with van der Waals surface area (Å²) in [6, 6.07) is 1.48. The zero-order valence-electron chi connectivity index (χ0n) is 11.0. The van der Waals surface area contributed by atoms with Gasteiger partial charge in [-0.3, -0.25) is 4.90 Å². The fourth-order valence-corrected chi connectivity index (χ4v) is 3.85. The van der Waals surface area contributed by atoms with Crippen molar-refractivity contribution in [2.45, 2.75) is 64.5 Å². The number of likely N-dealkylation sites (tertiary alicyclic amines) is 1. The molecule has 0 aromatic carbocycles. The lowest BCUT2D eigenvalue weighted by atomic mass is 9.81. The van der Waals surface area contributed by atoms with Gasteiger partial charge in [-0.05, 0) is 44.1 Å². The Bertz CT molecular complexity index is 217. The van der Waals surface area contributed by atoms with Crippen molar-refractivity contribution in [2.24, 2.45) is 17.6 Å². The second-order valence-corrected chi connectivity index (χ2v) is 5.99. The second-order valence-electron chi connectivity index (χ2n) is 5.99. The van der Waals surface area contributed by atoms with Crippen molar-refractivity contribution in [3.05, 3.63) is 0 Å². The van der Waals surface area contributed by atoms with E-state index in [2.05, 4.69) is 18.7 Å². The maximum atomic E-state index is 5.99. The molecule has 0 spiro atoms. The number of rotatable bonds is 2. The van der Waals surface area contributed by atoms with Gasteiger partial charge in [0, 0.05) is 18.6 Å². The first-order valence-electron chi connectivity index (χ1n) is 7.20. The molecule has 2 N–H and O–H groups in total. The van der Waals surface area contributed by atoms with Gasteiger partial charge in [0.2, 0.25) is 0 Å². The highest BCUT2D eigenvalue weighted by atomic mass is 15.2. The third-order valence-corrected chi connectivity index (χ3v) is 4.89. The van der Waals surface area contributed by atoms with Gasteiger partial charge in [0.1, 0.15) is 0 Å². The van der Waals surface area contributed by atoms with E-state index in [9.17, 15) is 0 Å². The lowest BCUT2D eigenvalue weighted by molar-refractivity contribution is 0.0215. The van der Waals surface area contributed by atoms with Gasteiger partial charge in [0.25, 0.3) is 0 Å². The van der Waals surface area contributed by atoms with Crippen LogP contribution in [0.3, 0.4) is 0 Å². The van der Waals surface area contributed by atoms with Gasteiger partial charge in [-0.1, -0.05) is 26.7 Å². The monoisotopic (exact) mass is 224 g/mol. The third kappa shape index (κ3) is 2.43. The van der Waals surface area contributed by atoms with E-state index in [-0.39, 0.29) is 0 Å². The normalized spacial score (nSPS) is 42.2. The van der Waals surface area contributed by atoms with Crippen molar-refractivity contribution >= 4 is 0 Å². The highest BCUT2D eigenvalue weighted by molar-refractivity contribution is 4.90. The highest BCUT2D eigenvalue weighted by Crippen LogP contribution is 2.33. The summed E-state index contributed by atoms with van der Waals surface area (Å²) in [6.45, 7) is 6.97. The van der Waals surface area contributed by atoms with Gasteiger partial charge in [0.05, 0.1) is 0 Å². The van der Waals surface area contributed by atoms with E-state index in [1.807, 2.05) is 0 Å². The van der Waals surface area contributed by atoms with Gasteiger partial charge in [0.15, 0.2) is 0 Å². The Morgan fingerprint density at radius 2 is 1.69 bits per heavy atom. The SMILES string of the molecule is CC1CCCN(C2CCCCC2C)C1CN. The second kappa shape index (κ2) is 5.50. The first kappa shape index (κ1) is 12.4. The molecular weight excluding hydrogens is 196 g/mol. The summed E-state index contributed by atoms with van der Waals surface area (Å²) >= 11 is 0. The van der Waals surface area contributed by atoms with Crippen molar-refractivity contribution in [3.63, 3.8) is 0 Å². The first-order valence-corrected chi connectivity index (χ1v) is 7.20. The van der Waals surface area contributed by atoms with E-state index in [1.54, 1.807) is 0 Å². The topological polar surface area (TPSA) is 29.3 Å². The molecule has 4 atom stereocenters. The Kier molecular flexibility index (Phi) is 4.26. The number of hydrogen-bond donors (Lipinski definition) is 1. The van der Waals surface area contributed by atoms with Gasteiger partial charge in [-0.2, -0.15) is 0 Å². The van der Waals surface area contributed by atoms with Crippen LogP contribution in [0.4, 0.5) is 0 Å². The van der Waals surface area contributed by atoms with Crippen molar-refractivity contribution in [1.82, 2.24) is 4.90 Å². The lowest BCUT2D eigenvalue weighted by Crippen LogP contribution is -2.55. The fraction of sp³-hybridized carbons (Fsp3) is 1.00. The van der Waals surface area contributed by atoms with Crippen LogP contribution in [0.1, 0.15) is 52.4 Å². The summed E-state index contributed by atoms with van der Waals surface area (Å²) in [4.78, 5) is 2.76. The number of hydrogen-bond acceptors (Lipinski definition) is 2. The van der Waals surface area contributed by atoms with E-state index in [0.29, 0.717) is 6.04 Å². The number of nitrogens with zero attached hydrogens (tertiary/aromatic N) is 1. The molecule has 1 heterocycles. The van der Waals surface area contributed by atoms with Crippen LogP contribution in [0, 0.1) is 11.8 Å². The first-order chi connectivity index (χ1) is 7.74. The van der Waals surface area contributed by atoms with Crippen molar-refractivity contribution in [3.8, 4) is 0 Å². The molecule has 1 aliphatic carbocycles. The zero-order chi connectivity index (χ0) is 11.5. The molecule has 2 aliphatic rings. The quantitative estimate of drug-likeness (QED) is 0.781. The maximum absolute atomic E-state index is 5.99. The minimum atomic E-state index is 0.652. The molecule has 0 aromatic rings. The molecular formula is C14H28N2. The van der Waals surface area contributed by atoms with E-state index in [0.717, 1.165) is 24.4 Å². The highest BCUT2D eigenvalue weighted by Gasteiger charge is 2.35. The van der Waals surface area contributed by atoms with Crippen LogP contribution in [0.15, 0.2) is 0 Å². The van der Waals surface area contributed by atoms with Crippen molar-refractivity contribution in [2.75, 3.05) is 13.1 Å². The maximum Gasteiger partial charge on any atom is 0.0247 e. The minimum absolute atomic E-state index is 0.652. The van der Waals surface area contributed by atoms with Crippen molar-refractivity contribution in [1.29, 1.82) is 0 Å². The van der Waals surface area contributed by atoms with Gasteiger partial charge < -0.3 is 5.73 Å². The summed E-state index contributed by atoms with van der Waals surface area (Å²) in [5.74, 6) is 1.68. The summed E-state index contributed by atoms with van der Waals surface area (Å²) < 4.78 is 0. The summed E-state index contributed by atoms with van der Waals surface area (Å²) in [5, 5.41) is 0. The number of piperidine rings is 1. The van der Waals surface area contributed by atoms with Crippen LogP contribution in [-0.2, 0) is 0 Å². The van der Waals surface area contributed by atoms with Gasteiger partial charge in [-0.25, -0.2) is 0 Å². The Labute approximate surface area is 101 Å². The third-order valence-electron chi connectivity index (χ3n) is 4.89. The molecule has 2 nitrogen and oxygen atoms in total. The summed E-state index contributed by atoms with van der Waals surface area (Å²) in [7, 11) is 0. The predicted octanol–water partition coefficient (Wildman–Crippen LogP) is 2.62. The standard InChI is InChI=1S/C14H28N2/c1-11-6-3-4-8-13(11)16-9-5-7-12(2)14(16)10-15/h11-14H,3-10,15H2,1-2H3. The Hall–Kier alpha value is -0.0800. The lowest BCUT2D eigenvalue weighted by Gasteiger charge is -2.47. The smallest absolute Gasteiger partial charge is 0.0247 e. The zero-order valence-corrected chi connectivity index (χ0v) is 11.0. The molecule has 0 bridgehead atoms. The largest absolute Gasteiger partial charge is 0.329 e. The molecule has 16 heavy (non-hydrogen) atoms. The molecule has 1 saturated carbocycles. The molecule has 94 valence electrons. The van der Waals surface area contributed by atoms with Gasteiger partial charge in [-0.15, -0.1) is 0 Å². The predicted molar refractivity (Wildman–Crippen MR) is 69.4 cm³/mol. The molecule has 2 fully saturated rings. The minimum Gasteiger partial charge on any atom is -0.329 e. The molecule has 2 heteroatoms.